The molecule has 0 unspecified atom stereocenters. The summed E-state index contributed by atoms with van der Waals surface area (Å²) in [4.78, 5) is 3.09. The first-order valence-corrected chi connectivity index (χ1v) is 16.9. The number of benzene rings is 2. The predicted octanol–water partition coefficient (Wildman–Crippen LogP) is -1.52. The molecule has 0 spiro atoms. The second-order valence-electron chi connectivity index (χ2n) is 8.08. The van der Waals surface area contributed by atoms with Crippen molar-refractivity contribution in [1.29, 1.82) is 0 Å². The topological polar surface area (TPSA) is 87.2 Å². The summed E-state index contributed by atoms with van der Waals surface area (Å²) in [6.45, 7) is 8.78. The minimum Gasteiger partial charge on any atom is -1.00 e. The Morgan fingerprint density at radius 2 is 1.11 bits per heavy atom. The Bertz CT molecular complexity index is 1410. The van der Waals surface area contributed by atoms with E-state index in [4.69, 9.17) is 0 Å². The van der Waals surface area contributed by atoms with Crippen molar-refractivity contribution in [3.63, 3.8) is 0 Å². The molecule has 2 aromatic heterocycles. The Morgan fingerprint density at radius 3 is 1.44 bits per heavy atom. The molecule has 0 saturated carbocycles. The predicted molar refractivity (Wildman–Crippen MR) is 131 cm³/mol. The van der Waals surface area contributed by atoms with Crippen molar-refractivity contribution in [2.75, 3.05) is 0 Å². The van der Waals surface area contributed by atoms with Crippen LogP contribution in [-0.2, 0) is 23.3 Å². The van der Waals surface area contributed by atoms with Crippen LogP contribution in [0.2, 0.25) is 13.1 Å². The monoisotopic (exact) mass is 612 g/mol. The quantitative estimate of drug-likeness (QED) is 0.174. The molecule has 0 bridgehead atoms. The largest absolute Gasteiger partial charge is 1.00 e. The summed E-state index contributed by atoms with van der Waals surface area (Å²) in [7, 11) is 0. The summed E-state index contributed by atoms with van der Waals surface area (Å²) < 4.78 is 0. The third-order valence-corrected chi connectivity index (χ3v) is 4.87. The molecule has 4 aromatic carbocycles. The smallest absolute Gasteiger partial charge is 0.162 e. The van der Waals surface area contributed by atoms with Crippen molar-refractivity contribution in [3.8, 4) is 11.4 Å². The maximum atomic E-state index is 4.04. The number of fused-ring (bicyclic) bond motifs is 2. The molecule has 184 valence electrons. The number of aromatic nitrogens is 8. The van der Waals surface area contributed by atoms with Gasteiger partial charge in [0.2, 0.25) is 0 Å². The van der Waals surface area contributed by atoms with Crippen LogP contribution in [0.4, 0.5) is 0 Å². The summed E-state index contributed by atoms with van der Waals surface area (Å²) in [5, 5.41) is 28.1. The van der Waals surface area contributed by atoms with Gasteiger partial charge in [0.05, 0.1) is 0 Å². The van der Waals surface area contributed by atoms with E-state index in [-0.39, 0.29) is 30.2 Å². The van der Waals surface area contributed by atoms with Gasteiger partial charge in [-0.3, -0.25) is 0 Å². The van der Waals surface area contributed by atoms with E-state index in [0.29, 0.717) is 0 Å². The van der Waals surface area contributed by atoms with E-state index < -0.39 is 0 Å². The van der Waals surface area contributed by atoms with Crippen molar-refractivity contribution < 1.29 is 48.1 Å². The molecule has 0 aliphatic heterocycles. The molecule has 0 aliphatic rings. The van der Waals surface area contributed by atoms with Crippen molar-refractivity contribution >= 4 is 27.0 Å². The SMILES string of the molecule is C[Si](C)=[Zr+2].Cc1cc2c(-n3ncnn3)cccc2[cH-]1.Cc1cc2c(-n3ncnn3)cccc2[cH-]1.[Cl-].[Cl-]. The third-order valence-electron chi connectivity index (χ3n) is 4.87. The first-order valence-electron chi connectivity index (χ1n) is 10.7. The molecule has 0 amide bonds. The van der Waals surface area contributed by atoms with Crippen LogP contribution in [0, 0.1) is 13.8 Å². The molecule has 12 heteroatoms. The molecule has 0 fully saturated rings. The molecule has 36 heavy (non-hydrogen) atoms. The number of nitrogens with zero attached hydrogens (tertiary/aromatic N) is 8. The normalized spacial score (nSPS) is 9.94. The standard InChI is InChI=1S/2C11H9N4.C2H6Si.2ClH.Zr/c2*1-8-5-9-3-2-4-11(10(9)6-8)15-13-7-12-14-15;1-3-2;;;/h2*2-7H,1H3;1-2H3;2*1H;/q2*-1;;;;+2/p-2. The maximum Gasteiger partial charge on any atom is 0.162 e. The number of aryl methyl sites for hydroxylation is 2. The summed E-state index contributed by atoms with van der Waals surface area (Å²) in [6, 6.07) is 20.7. The first-order chi connectivity index (χ1) is 16.4. The summed E-state index contributed by atoms with van der Waals surface area (Å²) in [5.41, 5.74) is 4.65. The molecule has 0 saturated heterocycles. The Hall–Kier alpha value is -2.52. The molecule has 2 heterocycles. The maximum absolute atomic E-state index is 4.04. The Morgan fingerprint density at radius 1 is 0.722 bits per heavy atom. The number of tetrazole rings is 2. The number of hydrogen-bond donors (Lipinski definition) is 0. The van der Waals surface area contributed by atoms with Gasteiger partial charge in [0.1, 0.15) is 0 Å². The Kier molecular flexibility index (Phi) is 11.3. The molecule has 8 nitrogen and oxygen atoms in total. The van der Waals surface area contributed by atoms with E-state index in [1.165, 1.54) is 34.6 Å². The summed E-state index contributed by atoms with van der Waals surface area (Å²) >= 11 is 1.74. The van der Waals surface area contributed by atoms with Gasteiger partial charge in [-0.2, -0.15) is 12.1 Å². The van der Waals surface area contributed by atoms with Crippen LogP contribution in [-0.4, -0.2) is 45.8 Å². The van der Waals surface area contributed by atoms with Crippen molar-refractivity contribution in [2.45, 2.75) is 26.9 Å². The average Bonchev–Trinajstić information content (AvgIpc) is 3.58. The molecule has 0 atom stereocenters. The summed E-state index contributed by atoms with van der Waals surface area (Å²) in [5.74, 6) is 0. The van der Waals surface area contributed by atoms with Gasteiger partial charge in [-0.25, -0.2) is 0 Å². The zero-order valence-corrected chi connectivity index (χ0v) is 25.2. The van der Waals surface area contributed by atoms with Crippen molar-refractivity contribution in [2.24, 2.45) is 0 Å². The summed E-state index contributed by atoms with van der Waals surface area (Å²) in [6.07, 6.45) is 2.88. The van der Waals surface area contributed by atoms with Crippen LogP contribution in [0.1, 0.15) is 11.1 Å². The second kappa shape index (κ2) is 13.7. The van der Waals surface area contributed by atoms with Gasteiger partial charge in [0.15, 0.2) is 12.7 Å². The molecular weight excluding hydrogens is 591 g/mol. The second-order valence-corrected chi connectivity index (χ2v) is 17.5. The van der Waals surface area contributed by atoms with Crippen LogP contribution < -0.4 is 24.8 Å². The van der Waals surface area contributed by atoms with Crippen LogP contribution in [0.25, 0.3) is 32.9 Å². The van der Waals surface area contributed by atoms with Gasteiger partial charge in [0.25, 0.3) is 0 Å². The van der Waals surface area contributed by atoms with E-state index in [1.54, 1.807) is 32.9 Å². The van der Waals surface area contributed by atoms with E-state index in [1.807, 2.05) is 24.3 Å². The zero-order chi connectivity index (χ0) is 24.1. The van der Waals surface area contributed by atoms with E-state index >= 15 is 0 Å². The van der Waals surface area contributed by atoms with Gasteiger partial charge >= 0.3 is 41.9 Å². The van der Waals surface area contributed by atoms with Gasteiger partial charge in [0, 0.05) is 11.4 Å². The number of rotatable bonds is 2. The van der Waals surface area contributed by atoms with E-state index in [2.05, 4.69) is 94.2 Å². The number of hydrogen-bond acceptors (Lipinski definition) is 6. The third kappa shape index (κ3) is 7.26. The van der Waals surface area contributed by atoms with Crippen LogP contribution in [0.3, 0.4) is 0 Å². The zero-order valence-electron chi connectivity index (χ0n) is 20.3. The Balaban J connectivity index is 0.000000211. The van der Waals surface area contributed by atoms with E-state index in [9.17, 15) is 0 Å². The first kappa shape index (κ1) is 29.7. The Labute approximate surface area is 237 Å². The van der Waals surface area contributed by atoms with Crippen LogP contribution in [0.5, 0.6) is 0 Å². The minimum absolute atomic E-state index is 0. The molecule has 6 aromatic rings. The van der Waals surface area contributed by atoms with Gasteiger partial charge in [-0.15, -0.1) is 99.1 Å². The van der Waals surface area contributed by atoms with Gasteiger partial charge < -0.3 is 24.8 Å². The fourth-order valence-corrected chi connectivity index (χ4v) is 3.64. The fourth-order valence-electron chi connectivity index (χ4n) is 3.64. The average molecular weight is 615 g/mol. The van der Waals surface area contributed by atoms with Crippen molar-refractivity contribution in [3.05, 3.63) is 84.4 Å². The minimum atomic E-state index is 0. The van der Waals surface area contributed by atoms with Crippen LogP contribution >= 0.6 is 0 Å². The molecule has 6 rings (SSSR count). The van der Waals surface area contributed by atoms with E-state index in [0.717, 1.165) is 22.1 Å². The molecule has 0 radical (unpaired) electrons. The van der Waals surface area contributed by atoms with Gasteiger partial charge in [-0.05, 0) is 10.4 Å². The van der Waals surface area contributed by atoms with Crippen molar-refractivity contribution in [1.82, 2.24) is 40.4 Å². The number of halogens is 2. The fraction of sp³-hybridized carbons (Fsp3) is 0.167. The molecular formula is C24H24Cl2N8SiZr-2. The molecule has 0 N–H and O–H groups in total. The van der Waals surface area contributed by atoms with Gasteiger partial charge in [-0.1, -0.05) is 26.0 Å². The molecule has 0 aliphatic carbocycles. The van der Waals surface area contributed by atoms with Crippen LogP contribution in [0.15, 0.2) is 73.3 Å².